The fourth-order valence-electron chi connectivity index (χ4n) is 22.6. The molecule has 30 aromatic rings. The van der Waals surface area contributed by atoms with Crippen LogP contribution in [0.5, 0.6) is 0 Å². The van der Waals surface area contributed by atoms with Crippen molar-refractivity contribution in [3.8, 4) is 114 Å². The van der Waals surface area contributed by atoms with Crippen LogP contribution in [0.1, 0.15) is 0 Å². The van der Waals surface area contributed by atoms with Crippen LogP contribution >= 0.6 is 0 Å². The molecule has 0 amide bonds. The van der Waals surface area contributed by atoms with Gasteiger partial charge in [0.25, 0.3) is 0 Å². The molecule has 30 rings (SSSR count). The van der Waals surface area contributed by atoms with Gasteiger partial charge in [0.2, 0.25) is 0 Å². The molecule has 0 saturated carbocycles. The summed E-state index contributed by atoms with van der Waals surface area (Å²) in [5.74, 6) is 3.84. The van der Waals surface area contributed by atoms with Crippen LogP contribution in [-0.4, -0.2) is 57.3 Å². The standard InChI is InChI=1S/C69H42N6.C63H40N6/c1-3-17-43(18-4-1)67-70-68(44-19-5-2-6-20-44)72-69(71-67)45-31-35-51-49-21-7-8-22-50(49)52-36-32-46(40-58(52)57(51)39-45)75-65-37-33-47(73-61-27-13-9-23-53(61)54-24-10-14-28-62(54)73)41-59(65)60-42-48(34-38-66(60)75)74-63-29-15-11-25-55(63)56-26-12-16-30-64(56)74;1-3-15-43(16-4-1)61-64-62(44-17-5-2-6-18-44)66-63(65-61)45-29-27-41(28-30-45)42-31-33-46(34-32-42)67-59-37-35-47(68-55-23-11-7-19-49(55)50-20-8-12-24-56(50)68)39-53(59)54-40-48(36-38-60(54)67)69-57-25-13-9-21-51(57)52-22-10-14-26-58(52)69/h1-42H;1-40H. The number of hydrogen-bond donors (Lipinski definition) is 0. The van der Waals surface area contributed by atoms with Crippen molar-refractivity contribution in [1.29, 1.82) is 0 Å². The second kappa shape index (κ2) is 33.1. The van der Waals surface area contributed by atoms with Crippen LogP contribution in [0.15, 0.2) is 497 Å². The molecule has 0 N–H and O–H groups in total. The zero-order valence-corrected chi connectivity index (χ0v) is 77.7. The first-order valence-electron chi connectivity index (χ1n) is 48.9. The molecule has 0 fully saturated rings. The molecule has 670 valence electrons. The Balaban J connectivity index is 0.000000137. The molecular formula is C132H82N12. The van der Waals surface area contributed by atoms with Crippen molar-refractivity contribution in [2.75, 3.05) is 0 Å². The van der Waals surface area contributed by atoms with Crippen LogP contribution in [0.4, 0.5) is 0 Å². The first kappa shape index (κ1) is 81.6. The Bertz CT molecular complexity index is 9800. The molecular weight excluding hydrogens is 1750 g/mol. The third kappa shape index (κ3) is 13.2. The average Bonchev–Trinajstić information content (AvgIpc) is 1.54. The number of para-hydroxylation sites is 8. The summed E-state index contributed by atoms with van der Waals surface area (Å²) in [5.41, 5.74) is 28.6. The van der Waals surface area contributed by atoms with Gasteiger partial charge in [0, 0.05) is 132 Å². The number of benzene rings is 22. The molecule has 0 aliphatic heterocycles. The van der Waals surface area contributed by atoms with Gasteiger partial charge in [-0.3, -0.25) is 0 Å². The third-order valence-electron chi connectivity index (χ3n) is 29.2. The zero-order chi connectivity index (χ0) is 94.6. The van der Waals surface area contributed by atoms with E-state index < -0.39 is 0 Å². The summed E-state index contributed by atoms with van der Waals surface area (Å²) in [7, 11) is 0. The minimum Gasteiger partial charge on any atom is -0.309 e. The zero-order valence-electron chi connectivity index (χ0n) is 77.7. The highest BCUT2D eigenvalue weighted by Gasteiger charge is 2.26. The number of aromatic nitrogens is 12. The maximum atomic E-state index is 5.16. The maximum Gasteiger partial charge on any atom is 0.164 e. The fraction of sp³-hybridized carbons (Fsp3) is 0. The first-order chi connectivity index (χ1) is 71.4. The van der Waals surface area contributed by atoms with E-state index >= 15 is 0 Å². The van der Waals surface area contributed by atoms with Crippen molar-refractivity contribution in [2.24, 2.45) is 0 Å². The second-order valence-corrected chi connectivity index (χ2v) is 37.2. The van der Waals surface area contributed by atoms with Crippen molar-refractivity contribution in [3.63, 3.8) is 0 Å². The van der Waals surface area contributed by atoms with Crippen molar-refractivity contribution in [2.45, 2.75) is 0 Å². The van der Waals surface area contributed by atoms with E-state index in [0.29, 0.717) is 34.9 Å². The Morgan fingerprint density at radius 2 is 0.264 bits per heavy atom. The normalized spacial score (nSPS) is 11.9. The predicted octanol–water partition coefficient (Wildman–Crippen LogP) is 33.5. The fourth-order valence-corrected chi connectivity index (χ4v) is 22.6. The molecule has 0 aliphatic carbocycles. The Morgan fingerprint density at radius 1 is 0.0972 bits per heavy atom. The summed E-state index contributed by atoms with van der Waals surface area (Å²) in [6.45, 7) is 0. The van der Waals surface area contributed by atoms with Gasteiger partial charge in [0.05, 0.1) is 66.2 Å². The number of rotatable bonds is 13. The smallest absolute Gasteiger partial charge is 0.164 e. The van der Waals surface area contributed by atoms with Crippen molar-refractivity contribution >= 4 is 163 Å². The third-order valence-corrected chi connectivity index (χ3v) is 29.2. The summed E-state index contributed by atoms with van der Waals surface area (Å²) >= 11 is 0. The van der Waals surface area contributed by atoms with E-state index in [1.54, 1.807) is 0 Å². The molecule has 0 radical (unpaired) electrons. The second-order valence-electron chi connectivity index (χ2n) is 37.2. The highest BCUT2D eigenvalue weighted by molar-refractivity contribution is 6.27. The molecule has 144 heavy (non-hydrogen) atoms. The predicted molar refractivity (Wildman–Crippen MR) is 596 cm³/mol. The molecule has 0 bridgehead atoms. The quantitative estimate of drug-likeness (QED) is 0.106. The van der Waals surface area contributed by atoms with Crippen LogP contribution in [0.2, 0.25) is 0 Å². The number of nitrogens with zero attached hydrogens (tertiary/aromatic N) is 12. The molecule has 0 saturated heterocycles. The Morgan fingerprint density at radius 3 is 0.542 bits per heavy atom. The molecule has 0 aliphatic rings. The Kier molecular flexibility index (Phi) is 18.8. The van der Waals surface area contributed by atoms with Crippen LogP contribution in [0, 0.1) is 0 Å². The van der Waals surface area contributed by atoms with Crippen LogP contribution in [0.3, 0.4) is 0 Å². The highest BCUT2D eigenvalue weighted by atomic mass is 15.1. The van der Waals surface area contributed by atoms with E-state index in [2.05, 4.69) is 428 Å². The lowest BCUT2D eigenvalue weighted by molar-refractivity contribution is 1.07. The van der Waals surface area contributed by atoms with Crippen LogP contribution < -0.4 is 0 Å². The van der Waals surface area contributed by atoms with E-state index in [4.69, 9.17) is 29.9 Å². The number of fused-ring (bicyclic) bond motifs is 24. The largest absolute Gasteiger partial charge is 0.309 e. The summed E-state index contributed by atoms with van der Waals surface area (Å²) in [4.78, 5) is 30.1. The Labute approximate surface area is 825 Å². The van der Waals surface area contributed by atoms with Crippen LogP contribution in [-0.2, 0) is 0 Å². The van der Waals surface area contributed by atoms with E-state index in [0.717, 1.165) is 111 Å². The summed E-state index contributed by atoms with van der Waals surface area (Å²) < 4.78 is 14.5. The maximum absolute atomic E-state index is 5.16. The summed E-state index contributed by atoms with van der Waals surface area (Å²) in [6, 6.07) is 178. The van der Waals surface area contributed by atoms with Gasteiger partial charge in [0.15, 0.2) is 34.9 Å². The van der Waals surface area contributed by atoms with Gasteiger partial charge in [-0.1, -0.05) is 346 Å². The van der Waals surface area contributed by atoms with E-state index in [-0.39, 0.29) is 0 Å². The molecule has 8 aromatic heterocycles. The van der Waals surface area contributed by atoms with Gasteiger partial charge >= 0.3 is 0 Å². The number of hydrogen-bond acceptors (Lipinski definition) is 6. The molecule has 0 unspecified atom stereocenters. The van der Waals surface area contributed by atoms with Gasteiger partial charge in [-0.25, -0.2) is 29.9 Å². The van der Waals surface area contributed by atoms with Crippen molar-refractivity contribution < 1.29 is 0 Å². The van der Waals surface area contributed by atoms with E-state index in [1.807, 2.05) is 97.1 Å². The lowest BCUT2D eigenvalue weighted by Gasteiger charge is -2.15. The Hall–Kier alpha value is -19.6. The lowest BCUT2D eigenvalue weighted by atomic mass is 9.93. The van der Waals surface area contributed by atoms with E-state index in [1.165, 1.54) is 130 Å². The van der Waals surface area contributed by atoms with E-state index in [9.17, 15) is 0 Å². The van der Waals surface area contributed by atoms with Crippen molar-refractivity contribution in [3.05, 3.63) is 497 Å². The highest BCUT2D eigenvalue weighted by Crippen LogP contribution is 2.47. The molecule has 0 spiro atoms. The molecule has 22 aromatic carbocycles. The average molecular weight is 1840 g/mol. The van der Waals surface area contributed by atoms with Gasteiger partial charge in [0.1, 0.15) is 0 Å². The van der Waals surface area contributed by atoms with Crippen LogP contribution in [0.25, 0.3) is 277 Å². The minimum atomic E-state index is 0.627. The summed E-state index contributed by atoms with van der Waals surface area (Å²) in [6.07, 6.45) is 0. The van der Waals surface area contributed by atoms with Gasteiger partial charge in [-0.2, -0.15) is 0 Å². The molecule has 12 nitrogen and oxygen atoms in total. The SMILES string of the molecule is c1ccc(-c2nc(-c3ccccc3)nc(-c3ccc(-c4ccc(-n5c6ccc(-n7c8ccccc8c8ccccc87)cc6c6cc(-n7c8ccccc8c8ccccc87)ccc65)cc4)cc3)n2)cc1.c1ccc(-c2nc(-c3ccccc3)nc(-c3ccc4c5ccccc5c5ccc(-n6c7ccc(-n8c9ccccc9c9ccccc98)cc7c7cc(-n8c9ccccc9c9ccccc98)ccc76)cc5c4c3)n2)cc1. The first-order valence-corrected chi connectivity index (χ1v) is 48.9. The monoisotopic (exact) mass is 1830 g/mol. The van der Waals surface area contributed by atoms with Gasteiger partial charge in [-0.15, -0.1) is 0 Å². The summed E-state index contributed by atoms with van der Waals surface area (Å²) in [5, 5.41) is 21.8. The molecule has 12 heteroatoms. The molecule has 8 heterocycles. The minimum absolute atomic E-state index is 0.627. The van der Waals surface area contributed by atoms with Gasteiger partial charge in [-0.05, 0) is 195 Å². The van der Waals surface area contributed by atoms with Gasteiger partial charge < -0.3 is 27.4 Å². The molecule has 0 atom stereocenters. The lowest BCUT2D eigenvalue weighted by Crippen LogP contribution is -2.00. The van der Waals surface area contributed by atoms with Crippen molar-refractivity contribution in [1.82, 2.24) is 57.3 Å². The topological polar surface area (TPSA) is 107 Å².